The predicted octanol–water partition coefficient (Wildman–Crippen LogP) is 1.14. The van der Waals surface area contributed by atoms with Gasteiger partial charge in [0.05, 0.1) is 12.4 Å². The third-order valence-corrected chi connectivity index (χ3v) is 4.51. The van der Waals surface area contributed by atoms with E-state index in [9.17, 15) is 19.5 Å². The van der Waals surface area contributed by atoms with Gasteiger partial charge in [-0.25, -0.2) is 0 Å². The highest BCUT2D eigenvalue weighted by Crippen LogP contribution is 2.22. The van der Waals surface area contributed by atoms with Crippen molar-refractivity contribution in [3.05, 3.63) is 65.2 Å². The molecule has 2 aromatic rings. The molecule has 2 aromatic carbocycles. The minimum absolute atomic E-state index is 0.0239. The number of likely N-dealkylation sites (tertiary alicyclic amines) is 1. The van der Waals surface area contributed by atoms with Gasteiger partial charge in [-0.15, -0.1) is 0 Å². The van der Waals surface area contributed by atoms with Crippen LogP contribution in [0.25, 0.3) is 0 Å². The van der Waals surface area contributed by atoms with Crippen LogP contribution in [0.1, 0.15) is 27.9 Å². The number of amides is 2. The summed E-state index contributed by atoms with van der Waals surface area (Å²) in [4.78, 5) is 37.1. The van der Waals surface area contributed by atoms with E-state index < -0.39 is 12.0 Å². The van der Waals surface area contributed by atoms with Crippen LogP contribution in [-0.4, -0.2) is 35.3 Å². The highest BCUT2D eigenvalue weighted by atomic mass is 16.4. The Kier molecular flexibility index (Phi) is 5.02. The summed E-state index contributed by atoms with van der Waals surface area (Å²) in [7, 11) is 0. The minimum Gasteiger partial charge on any atom is -0.545 e. The first-order valence-electron chi connectivity index (χ1n) is 8.42. The third kappa shape index (κ3) is 3.74. The summed E-state index contributed by atoms with van der Waals surface area (Å²) >= 11 is 0. The molecule has 0 unspecified atom stereocenters. The van der Waals surface area contributed by atoms with E-state index in [0.29, 0.717) is 18.7 Å². The van der Waals surface area contributed by atoms with E-state index in [1.165, 1.54) is 17.0 Å². The zero-order chi connectivity index (χ0) is 18.7. The Balaban J connectivity index is 1.69. The Hall–Kier alpha value is -3.15. The maximum Gasteiger partial charge on any atom is 0.252 e. The van der Waals surface area contributed by atoms with Crippen molar-refractivity contribution in [3.63, 3.8) is 0 Å². The summed E-state index contributed by atoms with van der Waals surface area (Å²) < 4.78 is 0. The molecular formula is C20H19N2O4-. The van der Waals surface area contributed by atoms with E-state index in [2.05, 4.69) is 5.32 Å². The van der Waals surface area contributed by atoms with Crippen LogP contribution in [0, 0.1) is 6.92 Å². The lowest BCUT2D eigenvalue weighted by Gasteiger charge is -2.18. The number of carbonyl (C=O) groups is 3. The Morgan fingerprint density at radius 1 is 1.19 bits per heavy atom. The average molecular weight is 351 g/mol. The van der Waals surface area contributed by atoms with Crippen LogP contribution in [0.5, 0.6) is 0 Å². The number of hydrogen-bond acceptors (Lipinski definition) is 5. The van der Waals surface area contributed by atoms with Gasteiger partial charge in [-0.3, -0.25) is 14.5 Å². The normalized spacial score (nSPS) is 16.8. The summed E-state index contributed by atoms with van der Waals surface area (Å²) in [5.41, 5.74) is 2.39. The number of carboxylic acids is 1. The molecule has 0 bridgehead atoms. The van der Waals surface area contributed by atoms with Gasteiger partial charge >= 0.3 is 0 Å². The van der Waals surface area contributed by atoms with Crippen LogP contribution >= 0.6 is 0 Å². The lowest BCUT2D eigenvalue weighted by Crippen LogP contribution is -2.36. The van der Waals surface area contributed by atoms with Gasteiger partial charge in [-0.2, -0.15) is 0 Å². The minimum atomic E-state index is -1.29. The molecule has 0 spiro atoms. The molecule has 1 aliphatic rings. The maximum absolute atomic E-state index is 12.6. The first kappa shape index (κ1) is 17.7. The lowest BCUT2D eigenvalue weighted by atomic mass is 10.1. The number of carboxylic acid groups (broad SMARTS) is 1. The van der Waals surface area contributed by atoms with Crippen LogP contribution < -0.4 is 10.4 Å². The zero-order valence-electron chi connectivity index (χ0n) is 14.4. The highest BCUT2D eigenvalue weighted by Gasteiger charge is 2.38. The largest absolute Gasteiger partial charge is 0.545 e. The molecule has 134 valence electrons. The Labute approximate surface area is 151 Å². The van der Waals surface area contributed by atoms with Gasteiger partial charge in [0.15, 0.2) is 0 Å². The van der Waals surface area contributed by atoms with E-state index >= 15 is 0 Å². The molecule has 1 fully saturated rings. The smallest absolute Gasteiger partial charge is 0.252 e. The standard InChI is InChI=1S/C20H20N2O4/c1-13-7-8-15(20(25)26)11-16(13)21-17-12-18(23)22(19(17)24)10-9-14-5-3-2-4-6-14/h2-8,11,17,21H,9-10,12H2,1H3,(H,25,26)/p-1/t17-/m1/s1. The van der Waals surface area contributed by atoms with Gasteiger partial charge in [0, 0.05) is 12.2 Å². The Morgan fingerprint density at radius 3 is 2.62 bits per heavy atom. The number of hydrogen-bond donors (Lipinski definition) is 1. The average Bonchev–Trinajstić information content (AvgIpc) is 2.89. The summed E-state index contributed by atoms with van der Waals surface area (Å²) in [6.45, 7) is 2.13. The van der Waals surface area contributed by atoms with Crippen LogP contribution in [-0.2, 0) is 16.0 Å². The third-order valence-electron chi connectivity index (χ3n) is 4.51. The van der Waals surface area contributed by atoms with Crippen LogP contribution in [0.3, 0.4) is 0 Å². The second kappa shape index (κ2) is 7.39. The molecule has 1 saturated heterocycles. The number of rotatable bonds is 6. The first-order valence-corrected chi connectivity index (χ1v) is 8.42. The van der Waals surface area contributed by atoms with Crippen LogP contribution in [0.4, 0.5) is 5.69 Å². The molecule has 6 nitrogen and oxygen atoms in total. The molecule has 2 amide bonds. The SMILES string of the molecule is Cc1ccc(C(=O)[O-])cc1N[C@@H]1CC(=O)N(CCc2ccccc2)C1=O. The first-order chi connectivity index (χ1) is 12.5. The molecule has 0 aliphatic carbocycles. The quantitative estimate of drug-likeness (QED) is 0.789. The van der Waals surface area contributed by atoms with E-state index in [0.717, 1.165) is 11.1 Å². The van der Waals surface area contributed by atoms with E-state index in [1.807, 2.05) is 30.3 Å². The van der Waals surface area contributed by atoms with Crippen molar-refractivity contribution in [2.24, 2.45) is 0 Å². The van der Waals surface area contributed by atoms with E-state index in [1.54, 1.807) is 13.0 Å². The number of carbonyl (C=O) groups excluding carboxylic acids is 3. The molecule has 1 atom stereocenters. The molecule has 1 heterocycles. The highest BCUT2D eigenvalue weighted by molar-refractivity contribution is 6.07. The van der Waals surface area contributed by atoms with Crippen molar-refractivity contribution in [1.82, 2.24) is 4.90 Å². The predicted molar refractivity (Wildman–Crippen MR) is 94.4 cm³/mol. The number of imide groups is 1. The number of nitrogens with zero attached hydrogens (tertiary/aromatic N) is 1. The summed E-state index contributed by atoms with van der Waals surface area (Å²) in [5, 5.41) is 14.0. The van der Waals surface area contributed by atoms with Gasteiger partial charge in [0.1, 0.15) is 6.04 Å². The van der Waals surface area contributed by atoms with Gasteiger partial charge in [0.25, 0.3) is 5.91 Å². The van der Waals surface area contributed by atoms with Crippen LogP contribution in [0.2, 0.25) is 0 Å². The molecule has 0 aromatic heterocycles. The van der Waals surface area contributed by atoms with Crippen molar-refractivity contribution in [3.8, 4) is 0 Å². The van der Waals surface area contributed by atoms with Gasteiger partial charge < -0.3 is 15.2 Å². The van der Waals surface area contributed by atoms with Gasteiger partial charge in [0.2, 0.25) is 5.91 Å². The number of benzene rings is 2. The lowest BCUT2D eigenvalue weighted by molar-refractivity contribution is -0.255. The maximum atomic E-state index is 12.6. The Morgan fingerprint density at radius 2 is 1.92 bits per heavy atom. The van der Waals surface area contributed by atoms with Gasteiger partial charge in [-0.05, 0) is 36.1 Å². The Bertz CT molecular complexity index is 848. The fourth-order valence-corrected chi connectivity index (χ4v) is 3.01. The molecular weight excluding hydrogens is 332 g/mol. The summed E-state index contributed by atoms with van der Waals surface area (Å²) in [6, 6.07) is 13.5. The van der Waals surface area contributed by atoms with Crippen LogP contribution in [0.15, 0.2) is 48.5 Å². The monoisotopic (exact) mass is 351 g/mol. The second-order valence-corrected chi connectivity index (χ2v) is 6.34. The number of aryl methyl sites for hydroxylation is 1. The molecule has 0 saturated carbocycles. The number of anilines is 1. The molecule has 3 rings (SSSR count). The molecule has 1 aliphatic heterocycles. The summed E-state index contributed by atoms with van der Waals surface area (Å²) in [5.74, 6) is -1.80. The summed E-state index contributed by atoms with van der Waals surface area (Å²) in [6.07, 6.45) is 0.660. The topological polar surface area (TPSA) is 89.5 Å². The number of nitrogens with one attached hydrogen (secondary N) is 1. The fourth-order valence-electron chi connectivity index (χ4n) is 3.01. The van der Waals surface area contributed by atoms with Crippen molar-refractivity contribution in [1.29, 1.82) is 0 Å². The van der Waals surface area contributed by atoms with Crippen molar-refractivity contribution in [2.45, 2.75) is 25.8 Å². The van der Waals surface area contributed by atoms with Crippen molar-refractivity contribution in [2.75, 3.05) is 11.9 Å². The zero-order valence-corrected chi connectivity index (χ0v) is 14.4. The fraction of sp³-hybridized carbons (Fsp3) is 0.250. The van der Waals surface area contributed by atoms with E-state index in [4.69, 9.17) is 0 Å². The number of aromatic carboxylic acids is 1. The molecule has 1 N–H and O–H groups in total. The molecule has 6 heteroatoms. The molecule has 0 radical (unpaired) electrons. The van der Waals surface area contributed by atoms with Crippen molar-refractivity contribution < 1.29 is 19.5 Å². The second-order valence-electron chi connectivity index (χ2n) is 6.34. The molecule has 26 heavy (non-hydrogen) atoms. The van der Waals surface area contributed by atoms with Crippen molar-refractivity contribution >= 4 is 23.5 Å². The van der Waals surface area contributed by atoms with E-state index in [-0.39, 0.29) is 23.8 Å². The van der Waals surface area contributed by atoms with Gasteiger partial charge in [-0.1, -0.05) is 42.5 Å².